The Bertz CT molecular complexity index is 189. The number of amides is 1. The first-order valence-electron chi connectivity index (χ1n) is 3.52. The van der Waals surface area contributed by atoms with Gasteiger partial charge in [-0.3, -0.25) is 9.63 Å². The Labute approximate surface area is 65.8 Å². The number of carbonyl (C=O) groups excluding carboxylic acids is 1. The highest BCUT2D eigenvalue weighted by molar-refractivity contribution is 5.92. The lowest BCUT2D eigenvalue weighted by molar-refractivity contribution is -0.164. The molecule has 0 atom stereocenters. The zero-order valence-corrected chi connectivity index (χ0v) is 6.76. The Morgan fingerprint density at radius 2 is 2.55 bits per heavy atom. The zero-order chi connectivity index (χ0) is 8.27. The van der Waals surface area contributed by atoms with Crippen LogP contribution < -0.4 is 5.32 Å². The third-order valence-corrected chi connectivity index (χ3v) is 1.60. The molecule has 0 aromatic heterocycles. The van der Waals surface area contributed by atoms with Crippen LogP contribution in [0.3, 0.4) is 0 Å². The maximum absolute atomic E-state index is 11.2. The lowest BCUT2D eigenvalue weighted by Gasteiger charge is -2.13. The summed E-state index contributed by atoms with van der Waals surface area (Å²) in [6.45, 7) is 0.846. The predicted octanol–water partition coefficient (Wildman–Crippen LogP) is -0.117. The third kappa shape index (κ3) is 1.71. The molecule has 0 saturated heterocycles. The molecule has 0 aliphatic carbocycles. The van der Waals surface area contributed by atoms with Crippen molar-refractivity contribution in [2.24, 2.45) is 0 Å². The van der Waals surface area contributed by atoms with Gasteiger partial charge in [-0.1, -0.05) is 6.08 Å². The van der Waals surface area contributed by atoms with Crippen molar-refractivity contribution in [2.75, 3.05) is 20.7 Å². The first-order valence-corrected chi connectivity index (χ1v) is 3.52. The van der Waals surface area contributed by atoms with Crippen molar-refractivity contribution in [1.82, 2.24) is 10.4 Å². The van der Waals surface area contributed by atoms with Crippen molar-refractivity contribution in [3.05, 3.63) is 11.8 Å². The molecule has 0 radical (unpaired) electrons. The van der Waals surface area contributed by atoms with Gasteiger partial charge in [0.25, 0.3) is 5.91 Å². The number of nitrogens with zero attached hydrogens (tertiary/aromatic N) is 1. The van der Waals surface area contributed by atoms with Gasteiger partial charge in [-0.25, -0.2) is 5.06 Å². The molecule has 0 aromatic rings. The smallest absolute Gasteiger partial charge is 0.292 e. The lowest BCUT2D eigenvalue weighted by Crippen LogP contribution is -2.31. The minimum atomic E-state index is -0.120. The Kier molecular flexibility index (Phi) is 2.48. The fourth-order valence-corrected chi connectivity index (χ4v) is 0.911. The van der Waals surface area contributed by atoms with Gasteiger partial charge in [-0.05, 0) is 6.42 Å². The quantitative estimate of drug-likeness (QED) is 0.567. The summed E-state index contributed by atoms with van der Waals surface area (Å²) in [4.78, 5) is 16.0. The van der Waals surface area contributed by atoms with Crippen LogP contribution in [0.25, 0.3) is 0 Å². The standard InChI is InChI=1S/C7H12N2O2/c1-9(11-2)7(10)6-4-3-5-8-6/h4,8H,3,5H2,1-2H3. The van der Waals surface area contributed by atoms with E-state index in [-0.39, 0.29) is 5.91 Å². The van der Waals surface area contributed by atoms with Crippen LogP contribution in [0.4, 0.5) is 0 Å². The molecule has 0 bridgehead atoms. The molecule has 4 nitrogen and oxygen atoms in total. The van der Waals surface area contributed by atoms with E-state index in [0.29, 0.717) is 5.70 Å². The van der Waals surface area contributed by atoms with Crippen LogP contribution in [0.15, 0.2) is 11.8 Å². The van der Waals surface area contributed by atoms with E-state index in [2.05, 4.69) is 5.32 Å². The molecule has 62 valence electrons. The van der Waals surface area contributed by atoms with E-state index < -0.39 is 0 Å². The molecular weight excluding hydrogens is 144 g/mol. The van der Waals surface area contributed by atoms with Gasteiger partial charge in [-0.15, -0.1) is 0 Å². The molecule has 1 amide bonds. The topological polar surface area (TPSA) is 41.6 Å². The van der Waals surface area contributed by atoms with E-state index in [1.54, 1.807) is 7.05 Å². The second-order valence-electron chi connectivity index (χ2n) is 2.32. The largest absolute Gasteiger partial charge is 0.380 e. The number of nitrogens with one attached hydrogen (secondary N) is 1. The number of hydrogen-bond acceptors (Lipinski definition) is 3. The van der Waals surface area contributed by atoms with Gasteiger partial charge < -0.3 is 5.32 Å². The molecule has 0 saturated carbocycles. The molecule has 0 aromatic carbocycles. The molecular formula is C7H12N2O2. The lowest BCUT2D eigenvalue weighted by atomic mass is 10.4. The van der Waals surface area contributed by atoms with Crippen LogP contribution in [0.5, 0.6) is 0 Å². The van der Waals surface area contributed by atoms with E-state index in [4.69, 9.17) is 4.84 Å². The number of likely N-dealkylation sites (N-methyl/N-ethyl adjacent to an activating group) is 1. The average molecular weight is 156 g/mol. The summed E-state index contributed by atoms with van der Waals surface area (Å²) in [5.74, 6) is -0.120. The van der Waals surface area contributed by atoms with Gasteiger partial charge in [0.2, 0.25) is 0 Å². The maximum Gasteiger partial charge on any atom is 0.292 e. The van der Waals surface area contributed by atoms with E-state index in [0.717, 1.165) is 13.0 Å². The highest BCUT2D eigenvalue weighted by atomic mass is 16.7. The second-order valence-corrected chi connectivity index (χ2v) is 2.32. The maximum atomic E-state index is 11.2. The number of hydroxylamine groups is 2. The van der Waals surface area contributed by atoms with Crippen molar-refractivity contribution in [3.63, 3.8) is 0 Å². The molecule has 11 heavy (non-hydrogen) atoms. The monoisotopic (exact) mass is 156 g/mol. The Morgan fingerprint density at radius 3 is 3.00 bits per heavy atom. The molecule has 4 heteroatoms. The summed E-state index contributed by atoms with van der Waals surface area (Å²) < 4.78 is 0. The normalized spacial score (nSPS) is 15.6. The molecule has 1 aliphatic heterocycles. The van der Waals surface area contributed by atoms with Crippen LogP contribution >= 0.6 is 0 Å². The fourth-order valence-electron chi connectivity index (χ4n) is 0.911. The summed E-state index contributed by atoms with van der Waals surface area (Å²) in [7, 11) is 3.05. The van der Waals surface area contributed by atoms with Crippen molar-refractivity contribution in [3.8, 4) is 0 Å². The van der Waals surface area contributed by atoms with E-state index in [9.17, 15) is 4.79 Å². The van der Waals surface area contributed by atoms with Crippen molar-refractivity contribution < 1.29 is 9.63 Å². The average Bonchev–Trinajstić information content (AvgIpc) is 2.53. The summed E-state index contributed by atoms with van der Waals surface area (Å²) in [6.07, 6.45) is 2.79. The number of rotatable bonds is 2. The predicted molar refractivity (Wildman–Crippen MR) is 40.5 cm³/mol. The van der Waals surface area contributed by atoms with E-state index in [1.807, 2.05) is 6.08 Å². The molecule has 1 N–H and O–H groups in total. The minimum Gasteiger partial charge on any atom is -0.380 e. The highest BCUT2D eigenvalue weighted by Crippen LogP contribution is 2.03. The molecule has 1 rings (SSSR count). The third-order valence-electron chi connectivity index (χ3n) is 1.60. The Morgan fingerprint density at radius 1 is 1.82 bits per heavy atom. The summed E-state index contributed by atoms with van der Waals surface area (Å²) in [5.41, 5.74) is 0.634. The molecule has 1 aliphatic rings. The van der Waals surface area contributed by atoms with Crippen LogP contribution in [0, 0.1) is 0 Å². The SMILES string of the molecule is CON(C)C(=O)C1=CCCN1. The Hall–Kier alpha value is -1.03. The molecule has 0 unspecified atom stereocenters. The Balaban J connectivity index is 2.53. The van der Waals surface area contributed by atoms with E-state index in [1.165, 1.54) is 12.2 Å². The van der Waals surface area contributed by atoms with Crippen molar-refractivity contribution in [1.29, 1.82) is 0 Å². The highest BCUT2D eigenvalue weighted by Gasteiger charge is 2.16. The molecule has 1 heterocycles. The van der Waals surface area contributed by atoms with Crippen molar-refractivity contribution in [2.45, 2.75) is 6.42 Å². The summed E-state index contributed by atoms with van der Waals surface area (Å²) in [6, 6.07) is 0. The van der Waals surface area contributed by atoms with Gasteiger partial charge in [0, 0.05) is 13.6 Å². The van der Waals surface area contributed by atoms with Gasteiger partial charge >= 0.3 is 0 Å². The van der Waals surface area contributed by atoms with Gasteiger partial charge in [-0.2, -0.15) is 0 Å². The number of hydrogen-bond donors (Lipinski definition) is 1. The summed E-state index contributed by atoms with van der Waals surface area (Å²) >= 11 is 0. The van der Waals surface area contributed by atoms with Crippen LogP contribution in [-0.4, -0.2) is 31.7 Å². The van der Waals surface area contributed by atoms with Crippen LogP contribution in [-0.2, 0) is 9.63 Å². The van der Waals surface area contributed by atoms with Gasteiger partial charge in [0.1, 0.15) is 0 Å². The van der Waals surface area contributed by atoms with Gasteiger partial charge in [0.05, 0.1) is 12.8 Å². The second kappa shape index (κ2) is 3.39. The number of carbonyl (C=O) groups is 1. The first-order chi connectivity index (χ1) is 5.25. The fraction of sp³-hybridized carbons (Fsp3) is 0.571. The molecule has 0 fully saturated rings. The van der Waals surface area contributed by atoms with E-state index >= 15 is 0 Å². The molecule has 0 spiro atoms. The van der Waals surface area contributed by atoms with Crippen LogP contribution in [0.1, 0.15) is 6.42 Å². The minimum absolute atomic E-state index is 0.120. The first kappa shape index (κ1) is 8.07. The van der Waals surface area contributed by atoms with Crippen molar-refractivity contribution >= 4 is 5.91 Å². The van der Waals surface area contributed by atoms with Crippen LogP contribution in [0.2, 0.25) is 0 Å². The van der Waals surface area contributed by atoms with Gasteiger partial charge in [0.15, 0.2) is 0 Å². The summed E-state index contributed by atoms with van der Waals surface area (Å²) in [5, 5.41) is 4.16. The zero-order valence-electron chi connectivity index (χ0n) is 6.76.